The molecule has 0 aliphatic carbocycles. The van der Waals surface area contributed by atoms with Crippen LogP contribution in [0.5, 0.6) is 0 Å². The minimum Gasteiger partial charge on any atom is -0.385 e. The summed E-state index contributed by atoms with van der Waals surface area (Å²) in [5.41, 5.74) is 1.43. The molecular weight excluding hydrogens is 332 g/mol. The Morgan fingerprint density at radius 1 is 1.08 bits per heavy atom. The predicted octanol–water partition coefficient (Wildman–Crippen LogP) is 2.00. The fourth-order valence-corrected chi connectivity index (χ4v) is 3.81. The van der Waals surface area contributed by atoms with Crippen LogP contribution in [0.1, 0.15) is 71.7 Å². The van der Waals surface area contributed by atoms with Crippen LogP contribution < -0.4 is 5.32 Å². The van der Waals surface area contributed by atoms with Crippen LogP contribution in [0, 0.1) is 0 Å². The zero-order chi connectivity index (χ0) is 18.4. The minimum atomic E-state index is -0.195. The van der Waals surface area contributed by atoms with Gasteiger partial charge in [0.15, 0.2) is 5.82 Å². The second kappa shape index (κ2) is 9.16. The summed E-state index contributed by atoms with van der Waals surface area (Å²) in [6, 6.07) is 0. The van der Waals surface area contributed by atoms with Crippen LogP contribution in [0.25, 0.3) is 0 Å². The van der Waals surface area contributed by atoms with Gasteiger partial charge in [0.2, 0.25) is 0 Å². The molecule has 1 aromatic rings. The molecule has 7 nitrogen and oxygen atoms in total. The third kappa shape index (κ3) is 4.26. The molecule has 0 saturated carbocycles. The molecule has 144 valence electrons. The molecule has 0 atom stereocenters. The molecule has 2 aliphatic heterocycles. The maximum atomic E-state index is 13.1. The summed E-state index contributed by atoms with van der Waals surface area (Å²) in [7, 11) is 1.65. The Kier molecular flexibility index (Phi) is 6.66. The van der Waals surface area contributed by atoms with Crippen molar-refractivity contribution in [2.24, 2.45) is 0 Å². The van der Waals surface area contributed by atoms with Gasteiger partial charge in [0.1, 0.15) is 5.69 Å². The number of fused-ring (bicyclic) bond motifs is 1. The fraction of sp³-hybridized carbons (Fsp3) is 0.737. The first-order valence-corrected chi connectivity index (χ1v) is 9.88. The Balaban J connectivity index is 1.78. The van der Waals surface area contributed by atoms with E-state index in [1.54, 1.807) is 7.11 Å². The lowest BCUT2D eigenvalue weighted by Gasteiger charge is -2.21. The average molecular weight is 362 g/mol. The molecule has 0 bridgehead atoms. The largest absolute Gasteiger partial charge is 0.385 e. The highest BCUT2D eigenvalue weighted by Crippen LogP contribution is 2.23. The Labute approximate surface area is 155 Å². The van der Waals surface area contributed by atoms with Gasteiger partial charge in [-0.15, -0.1) is 0 Å². The van der Waals surface area contributed by atoms with Crippen LogP contribution in [-0.2, 0) is 17.7 Å². The van der Waals surface area contributed by atoms with Crippen molar-refractivity contribution in [1.82, 2.24) is 19.8 Å². The molecule has 0 radical (unpaired) electrons. The number of rotatable bonds is 6. The molecule has 1 saturated heterocycles. The molecule has 0 aromatic carbocycles. The maximum Gasteiger partial charge on any atom is 0.287 e. The molecule has 7 heteroatoms. The Morgan fingerprint density at radius 2 is 1.81 bits per heavy atom. The first kappa shape index (κ1) is 18.9. The lowest BCUT2D eigenvalue weighted by molar-refractivity contribution is 0.0754. The van der Waals surface area contributed by atoms with E-state index in [0.29, 0.717) is 24.7 Å². The Morgan fingerprint density at radius 3 is 2.54 bits per heavy atom. The number of hydrogen-bond donors (Lipinski definition) is 1. The van der Waals surface area contributed by atoms with Gasteiger partial charge in [0.25, 0.3) is 11.8 Å². The first-order valence-electron chi connectivity index (χ1n) is 9.88. The highest BCUT2D eigenvalue weighted by molar-refractivity contribution is 5.97. The highest BCUT2D eigenvalue weighted by atomic mass is 16.5. The molecule has 3 heterocycles. The quantitative estimate of drug-likeness (QED) is 0.786. The molecular formula is C19H30N4O3. The number of amides is 2. The summed E-state index contributed by atoms with van der Waals surface area (Å²) in [6.45, 7) is 3.51. The molecule has 1 aromatic heterocycles. The zero-order valence-electron chi connectivity index (χ0n) is 15.8. The van der Waals surface area contributed by atoms with Gasteiger partial charge >= 0.3 is 0 Å². The number of nitrogens with one attached hydrogen (secondary N) is 1. The monoisotopic (exact) mass is 362 g/mol. The summed E-state index contributed by atoms with van der Waals surface area (Å²) in [5.74, 6) is 0.186. The average Bonchev–Trinajstić information content (AvgIpc) is 2.84. The number of ether oxygens (including phenoxy) is 1. The smallest absolute Gasteiger partial charge is 0.287 e. The molecule has 0 spiro atoms. The van der Waals surface area contributed by atoms with Crippen molar-refractivity contribution in [3.05, 3.63) is 17.2 Å². The van der Waals surface area contributed by atoms with Gasteiger partial charge in [0, 0.05) is 39.9 Å². The maximum absolute atomic E-state index is 13.1. The topological polar surface area (TPSA) is 76.5 Å². The number of methoxy groups -OCH3 is 1. The fourth-order valence-electron chi connectivity index (χ4n) is 3.81. The van der Waals surface area contributed by atoms with Crippen molar-refractivity contribution in [3.63, 3.8) is 0 Å². The van der Waals surface area contributed by atoms with E-state index >= 15 is 0 Å². The lowest BCUT2D eigenvalue weighted by atomic mass is 10.1. The van der Waals surface area contributed by atoms with Crippen LogP contribution >= 0.6 is 0 Å². The Bertz CT molecular complexity index is 633. The van der Waals surface area contributed by atoms with E-state index in [0.717, 1.165) is 63.9 Å². The van der Waals surface area contributed by atoms with Crippen molar-refractivity contribution in [1.29, 1.82) is 0 Å². The van der Waals surface area contributed by atoms with E-state index in [9.17, 15) is 9.59 Å². The van der Waals surface area contributed by atoms with Gasteiger partial charge in [-0.1, -0.05) is 12.8 Å². The van der Waals surface area contributed by atoms with Crippen molar-refractivity contribution in [2.45, 2.75) is 57.9 Å². The van der Waals surface area contributed by atoms with Crippen LogP contribution in [0.3, 0.4) is 0 Å². The molecule has 26 heavy (non-hydrogen) atoms. The molecule has 2 aliphatic rings. The normalized spacial score (nSPS) is 17.5. The van der Waals surface area contributed by atoms with Gasteiger partial charge in [-0.05, 0) is 38.5 Å². The van der Waals surface area contributed by atoms with Crippen molar-refractivity contribution in [2.75, 3.05) is 33.4 Å². The second-order valence-corrected chi connectivity index (χ2v) is 7.15. The summed E-state index contributed by atoms with van der Waals surface area (Å²) < 4.78 is 6.97. The summed E-state index contributed by atoms with van der Waals surface area (Å²) in [6.07, 6.45) is 8.10. The number of nitrogens with zero attached hydrogens (tertiary/aromatic N) is 3. The molecule has 1 fully saturated rings. The van der Waals surface area contributed by atoms with Crippen LogP contribution in [0.4, 0.5) is 0 Å². The predicted molar refractivity (Wildman–Crippen MR) is 98.4 cm³/mol. The van der Waals surface area contributed by atoms with E-state index in [1.165, 1.54) is 12.8 Å². The van der Waals surface area contributed by atoms with E-state index < -0.39 is 0 Å². The third-order valence-electron chi connectivity index (χ3n) is 5.23. The SMILES string of the molecule is COCCCNC(=O)c1nc(C(=O)N2CCCCCC2)c2n1CCCC2. The van der Waals surface area contributed by atoms with Crippen molar-refractivity contribution < 1.29 is 14.3 Å². The number of hydrogen-bond acceptors (Lipinski definition) is 4. The molecule has 0 unspecified atom stereocenters. The van der Waals surface area contributed by atoms with E-state index in [4.69, 9.17) is 4.74 Å². The van der Waals surface area contributed by atoms with Crippen molar-refractivity contribution >= 4 is 11.8 Å². The third-order valence-corrected chi connectivity index (χ3v) is 5.23. The Hall–Kier alpha value is -1.89. The van der Waals surface area contributed by atoms with Gasteiger partial charge in [-0.3, -0.25) is 9.59 Å². The first-order chi connectivity index (χ1) is 12.7. The van der Waals surface area contributed by atoms with Gasteiger partial charge in [-0.2, -0.15) is 0 Å². The highest BCUT2D eigenvalue weighted by Gasteiger charge is 2.29. The molecule has 1 N–H and O–H groups in total. The van der Waals surface area contributed by atoms with Gasteiger partial charge in [0.05, 0.1) is 5.69 Å². The zero-order valence-corrected chi connectivity index (χ0v) is 15.8. The molecule has 3 rings (SSSR count). The van der Waals surface area contributed by atoms with E-state index in [-0.39, 0.29) is 11.8 Å². The number of aromatic nitrogens is 2. The van der Waals surface area contributed by atoms with Crippen LogP contribution in [-0.4, -0.2) is 59.6 Å². The second-order valence-electron chi connectivity index (χ2n) is 7.15. The minimum absolute atomic E-state index is 0.00372. The lowest BCUT2D eigenvalue weighted by Crippen LogP contribution is -2.33. The summed E-state index contributed by atoms with van der Waals surface area (Å²) in [4.78, 5) is 32.1. The molecule has 2 amide bonds. The van der Waals surface area contributed by atoms with Gasteiger partial charge < -0.3 is 19.5 Å². The van der Waals surface area contributed by atoms with Crippen LogP contribution in [0.2, 0.25) is 0 Å². The van der Waals surface area contributed by atoms with Crippen LogP contribution in [0.15, 0.2) is 0 Å². The van der Waals surface area contributed by atoms with Gasteiger partial charge in [-0.25, -0.2) is 4.98 Å². The number of carbonyl (C=O) groups excluding carboxylic acids is 2. The van der Waals surface area contributed by atoms with E-state index in [1.807, 2.05) is 9.47 Å². The number of likely N-dealkylation sites (tertiary alicyclic amines) is 1. The summed E-state index contributed by atoms with van der Waals surface area (Å²) >= 11 is 0. The van der Waals surface area contributed by atoms with E-state index in [2.05, 4.69) is 10.3 Å². The number of carbonyl (C=O) groups is 2. The summed E-state index contributed by atoms with van der Waals surface area (Å²) in [5, 5.41) is 2.90. The van der Waals surface area contributed by atoms with Crippen molar-refractivity contribution in [3.8, 4) is 0 Å². The standard InChI is InChI=1S/C19H30N4O3/c1-26-14-8-10-20-18(24)17-21-16(15-9-4-7-13-23(15)17)19(25)22-11-5-2-3-6-12-22/h2-14H2,1H3,(H,20,24). The number of imidazole rings is 1.